The van der Waals surface area contributed by atoms with Crippen molar-refractivity contribution in [1.82, 2.24) is 24.6 Å². The smallest absolute Gasteiger partial charge is 0.264 e. The number of aliphatic hydroxyl groups is 1. The maximum Gasteiger partial charge on any atom is 0.264 e. The summed E-state index contributed by atoms with van der Waals surface area (Å²) in [4.78, 5) is 17.4. The van der Waals surface area contributed by atoms with E-state index in [2.05, 4.69) is 25.4 Å². The minimum Gasteiger partial charge on any atom is -0.463 e. The molecular weight excluding hydrogens is 511 g/mol. The van der Waals surface area contributed by atoms with Crippen molar-refractivity contribution in [3.05, 3.63) is 60.0 Å². The Kier molecular flexibility index (Phi) is 7.63. The van der Waals surface area contributed by atoms with Gasteiger partial charge in [-0.05, 0) is 62.3 Å². The molecule has 1 saturated carbocycles. The van der Waals surface area contributed by atoms with E-state index in [4.69, 9.17) is 4.74 Å². The largest absolute Gasteiger partial charge is 0.463 e. The normalized spacial score (nSPS) is 23.8. The Morgan fingerprint density at radius 2 is 2.13 bits per heavy atom. The Labute approximate surface area is 220 Å². The van der Waals surface area contributed by atoms with Crippen molar-refractivity contribution in [2.75, 3.05) is 24.2 Å². The SMILES string of the molecule is Cc1c(C(=O)NS2(=O)=CCNCC2)cn2ncnc(Nc3ccc(F)cc3OC=CC3CCC(O)CC3)c12. The maximum absolute atomic E-state index is 14.1. The quantitative estimate of drug-likeness (QED) is 0.265. The van der Waals surface area contributed by atoms with E-state index in [1.165, 1.54) is 23.0 Å². The summed E-state index contributed by atoms with van der Waals surface area (Å²) in [5.74, 6) is 0.408. The third-order valence-electron chi connectivity index (χ3n) is 6.90. The molecule has 3 heterocycles. The Morgan fingerprint density at radius 1 is 1.32 bits per heavy atom. The lowest BCUT2D eigenvalue weighted by Crippen LogP contribution is -2.42. The van der Waals surface area contributed by atoms with Gasteiger partial charge in [0.2, 0.25) is 0 Å². The fourth-order valence-electron chi connectivity index (χ4n) is 4.73. The summed E-state index contributed by atoms with van der Waals surface area (Å²) in [6, 6.07) is 4.15. The van der Waals surface area contributed by atoms with E-state index in [1.807, 2.05) is 6.08 Å². The fraction of sp³-hybridized carbons (Fsp3) is 0.385. The molecule has 1 amide bonds. The molecule has 1 fully saturated rings. The van der Waals surface area contributed by atoms with Crippen LogP contribution >= 0.6 is 0 Å². The van der Waals surface area contributed by atoms with E-state index in [9.17, 15) is 18.5 Å². The number of aryl methyl sites for hydroxylation is 1. The number of carbonyl (C=O) groups is 1. The Morgan fingerprint density at radius 3 is 2.89 bits per heavy atom. The highest BCUT2D eigenvalue weighted by atomic mass is 32.2. The molecule has 10 nitrogen and oxygen atoms in total. The number of nitrogens with one attached hydrogen (secondary N) is 3. The van der Waals surface area contributed by atoms with E-state index in [0.717, 1.165) is 25.7 Å². The van der Waals surface area contributed by atoms with Crippen LogP contribution in [-0.2, 0) is 9.71 Å². The molecule has 0 radical (unpaired) electrons. The molecule has 4 N–H and O–H groups in total. The summed E-state index contributed by atoms with van der Waals surface area (Å²) in [5.41, 5.74) is 1.97. The maximum atomic E-state index is 14.1. The van der Waals surface area contributed by atoms with Crippen LogP contribution in [0, 0.1) is 18.7 Å². The van der Waals surface area contributed by atoms with Gasteiger partial charge in [0.05, 0.1) is 33.3 Å². The molecule has 1 aliphatic carbocycles. The van der Waals surface area contributed by atoms with E-state index in [1.54, 1.807) is 30.8 Å². The molecule has 1 atom stereocenters. The van der Waals surface area contributed by atoms with Gasteiger partial charge in [0, 0.05) is 36.5 Å². The molecular formula is C26H31FN6O4S. The number of halogens is 1. The van der Waals surface area contributed by atoms with Crippen LogP contribution in [0.4, 0.5) is 15.9 Å². The van der Waals surface area contributed by atoms with Crippen molar-refractivity contribution < 1.29 is 23.2 Å². The van der Waals surface area contributed by atoms with Crippen LogP contribution in [0.25, 0.3) is 5.52 Å². The summed E-state index contributed by atoms with van der Waals surface area (Å²) >= 11 is 0. The summed E-state index contributed by atoms with van der Waals surface area (Å²) in [6.07, 6.45) is 9.45. The van der Waals surface area contributed by atoms with Crippen molar-refractivity contribution in [2.45, 2.75) is 38.7 Å². The number of hydrogen-bond donors (Lipinski definition) is 4. The average Bonchev–Trinajstić information content (AvgIpc) is 3.24. The zero-order valence-corrected chi connectivity index (χ0v) is 21.8. The molecule has 1 unspecified atom stereocenters. The topological polar surface area (TPSA) is 130 Å². The van der Waals surface area contributed by atoms with Crippen LogP contribution < -0.4 is 20.1 Å². The van der Waals surface area contributed by atoms with Gasteiger partial charge in [-0.3, -0.25) is 9.52 Å². The number of aromatic nitrogens is 3. The second kappa shape index (κ2) is 11.1. The number of benzene rings is 1. The Balaban J connectivity index is 1.38. The van der Waals surface area contributed by atoms with Crippen molar-refractivity contribution in [1.29, 1.82) is 0 Å². The Bertz CT molecular complexity index is 1490. The number of allylic oxidation sites excluding steroid dienone is 1. The molecule has 0 bridgehead atoms. The van der Waals surface area contributed by atoms with E-state index in [0.29, 0.717) is 52.9 Å². The third kappa shape index (κ3) is 5.82. The third-order valence-corrected chi connectivity index (χ3v) is 8.95. The van der Waals surface area contributed by atoms with Gasteiger partial charge in [-0.1, -0.05) is 0 Å². The second-order valence-corrected chi connectivity index (χ2v) is 12.0. The van der Waals surface area contributed by atoms with Crippen molar-refractivity contribution >= 4 is 38.0 Å². The number of carbonyl (C=O) groups excluding carboxylic acids is 1. The zero-order valence-electron chi connectivity index (χ0n) is 21.0. The molecule has 1 aliphatic heterocycles. The molecule has 202 valence electrons. The summed E-state index contributed by atoms with van der Waals surface area (Å²) in [5, 5.41) is 21.8. The number of nitrogens with zero attached hydrogens (tertiary/aromatic N) is 3. The van der Waals surface area contributed by atoms with Crippen LogP contribution in [-0.4, -0.2) is 60.1 Å². The highest BCUT2D eigenvalue weighted by Crippen LogP contribution is 2.32. The first-order valence-electron chi connectivity index (χ1n) is 12.6. The van der Waals surface area contributed by atoms with E-state index < -0.39 is 21.4 Å². The average molecular weight is 543 g/mol. The first kappa shape index (κ1) is 26.1. The van der Waals surface area contributed by atoms with E-state index >= 15 is 0 Å². The standard InChI is InChI=1S/C26H31FN6O4S/c1-17-21(26(35)32-38(36)12-9-28-10-13-38)15-33-24(17)25(29-16-30-33)31-22-7-4-19(27)14-23(22)37-11-8-18-2-5-20(34)6-3-18/h4,7-8,11-12,14-16,18,20,28,34H,2-3,5-6,9-10,13H2,1H3,(H,29,30,31)(H,32,35,36). The summed E-state index contributed by atoms with van der Waals surface area (Å²) in [6.45, 7) is 2.80. The van der Waals surface area contributed by atoms with Crippen LogP contribution in [0.3, 0.4) is 0 Å². The number of hydrogen-bond acceptors (Lipinski definition) is 8. The highest BCUT2D eigenvalue weighted by molar-refractivity contribution is 8.00. The van der Waals surface area contributed by atoms with Crippen molar-refractivity contribution in [3.8, 4) is 5.75 Å². The van der Waals surface area contributed by atoms with E-state index in [-0.39, 0.29) is 11.9 Å². The molecule has 2 aromatic heterocycles. The number of ether oxygens (including phenoxy) is 1. The minimum atomic E-state index is -2.60. The summed E-state index contributed by atoms with van der Waals surface area (Å²) < 4.78 is 37.0. The van der Waals surface area contributed by atoms with Crippen LogP contribution in [0.2, 0.25) is 0 Å². The van der Waals surface area contributed by atoms with Gasteiger partial charge in [0.1, 0.15) is 17.7 Å². The molecule has 0 saturated heterocycles. The predicted octanol–water partition coefficient (Wildman–Crippen LogP) is 2.70. The first-order chi connectivity index (χ1) is 18.3. The number of anilines is 2. The summed E-state index contributed by atoms with van der Waals surface area (Å²) in [7, 11) is -2.60. The van der Waals surface area contributed by atoms with Crippen molar-refractivity contribution in [3.63, 3.8) is 0 Å². The van der Waals surface area contributed by atoms with Gasteiger partial charge in [-0.2, -0.15) is 5.10 Å². The highest BCUT2D eigenvalue weighted by Gasteiger charge is 2.22. The monoisotopic (exact) mass is 542 g/mol. The van der Waals surface area contributed by atoms with Crippen LogP contribution in [0.15, 0.2) is 43.1 Å². The molecule has 3 aromatic rings. The Hall–Kier alpha value is -3.48. The lowest BCUT2D eigenvalue weighted by Gasteiger charge is -2.22. The van der Waals surface area contributed by atoms with Crippen molar-refractivity contribution in [2.24, 2.45) is 5.92 Å². The minimum absolute atomic E-state index is 0.237. The molecule has 38 heavy (non-hydrogen) atoms. The van der Waals surface area contributed by atoms with Gasteiger partial charge in [-0.25, -0.2) is 18.1 Å². The van der Waals surface area contributed by atoms with Gasteiger partial charge in [0.15, 0.2) is 11.6 Å². The van der Waals surface area contributed by atoms with Gasteiger partial charge in [-0.15, -0.1) is 0 Å². The van der Waals surface area contributed by atoms with Crippen LogP contribution in [0.5, 0.6) is 5.75 Å². The molecule has 5 rings (SSSR count). The lowest BCUT2D eigenvalue weighted by molar-refractivity contribution is 0.0982. The number of amides is 1. The first-order valence-corrected chi connectivity index (χ1v) is 14.4. The predicted molar refractivity (Wildman–Crippen MR) is 145 cm³/mol. The number of rotatable bonds is 7. The number of aliphatic hydroxyl groups excluding tert-OH is 1. The van der Waals surface area contributed by atoms with Gasteiger partial charge >= 0.3 is 0 Å². The second-order valence-electron chi connectivity index (χ2n) is 9.58. The molecule has 2 aliphatic rings. The number of fused-ring (bicyclic) bond motifs is 1. The van der Waals surface area contributed by atoms with Gasteiger partial charge < -0.3 is 20.5 Å². The fourth-order valence-corrected chi connectivity index (χ4v) is 6.34. The lowest BCUT2D eigenvalue weighted by atomic mass is 9.88. The molecule has 12 heteroatoms. The zero-order chi connectivity index (χ0) is 26.7. The molecule has 0 spiro atoms. The molecule has 1 aromatic carbocycles. The van der Waals surface area contributed by atoms with Crippen LogP contribution in [0.1, 0.15) is 41.6 Å². The van der Waals surface area contributed by atoms with Gasteiger partial charge in [0.25, 0.3) is 5.91 Å².